The summed E-state index contributed by atoms with van der Waals surface area (Å²) in [5.41, 5.74) is 2.98. The summed E-state index contributed by atoms with van der Waals surface area (Å²) in [6.45, 7) is 2.00. The van der Waals surface area contributed by atoms with E-state index in [0.717, 1.165) is 36.0 Å². The van der Waals surface area contributed by atoms with Gasteiger partial charge in [0.05, 0.1) is 5.41 Å². The second-order valence-electron chi connectivity index (χ2n) is 6.67. The van der Waals surface area contributed by atoms with E-state index in [1.54, 1.807) is 12.1 Å². The summed E-state index contributed by atoms with van der Waals surface area (Å²) in [7, 11) is 0. The van der Waals surface area contributed by atoms with Crippen molar-refractivity contribution < 1.29 is 4.79 Å². The predicted molar refractivity (Wildman–Crippen MR) is 99.9 cm³/mol. The Morgan fingerprint density at radius 1 is 1.12 bits per heavy atom. The molecule has 1 heterocycles. The van der Waals surface area contributed by atoms with Crippen molar-refractivity contribution in [1.29, 1.82) is 0 Å². The van der Waals surface area contributed by atoms with Crippen LogP contribution in [0.3, 0.4) is 0 Å². The van der Waals surface area contributed by atoms with E-state index in [1.807, 2.05) is 49.4 Å². The molecule has 0 bridgehead atoms. The molecule has 4 rings (SSSR count). The minimum atomic E-state index is -0.422. The zero-order valence-electron chi connectivity index (χ0n) is 14.1. The quantitative estimate of drug-likeness (QED) is 0.764. The largest absolute Gasteiger partial charge is 0.358 e. The third-order valence-corrected chi connectivity index (χ3v) is 5.04. The minimum Gasteiger partial charge on any atom is -0.358 e. The van der Waals surface area contributed by atoms with E-state index in [0.29, 0.717) is 11.1 Å². The summed E-state index contributed by atoms with van der Waals surface area (Å²) in [6, 6.07) is 17.0. The molecule has 1 fully saturated rings. The number of aryl methyl sites for hydroxylation is 1. The Balaban J connectivity index is 1.64. The number of hydrogen-bond donors (Lipinski definition) is 2. The lowest BCUT2D eigenvalue weighted by molar-refractivity contribution is -0.118. The maximum Gasteiger partial charge on any atom is 0.235 e. The van der Waals surface area contributed by atoms with Gasteiger partial charge in [0.1, 0.15) is 0 Å². The average molecular weight is 332 g/mol. The van der Waals surface area contributed by atoms with E-state index in [9.17, 15) is 9.59 Å². The summed E-state index contributed by atoms with van der Waals surface area (Å²) < 4.78 is 0. The van der Waals surface area contributed by atoms with Gasteiger partial charge in [-0.3, -0.25) is 9.59 Å². The molecule has 0 atom stereocenters. The molecule has 0 aliphatic heterocycles. The number of benzene rings is 2. The molecular weight excluding hydrogens is 312 g/mol. The fraction of sp³-hybridized carbons (Fsp3) is 0.238. The van der Waals surface area contributed by atoms with Gasteiger partial charge < -0.3 is 10.3 Å². The van der Waals surface area contributed by atoms with E-state index < -0.39 is 5.41 Å². The van der Waals surface area contributed by atoms with Crippen LogP contribution in [0.15, 0.2) is 59.4 Å². The highest BCUT2D eigenvalue weighted by Crippen LogP contribution is 2.48. The van der Waals surface area contributed by atoms with Crippen LogP contribution in [-0.4, -0.2) is 10.9 Å². The number of carbonyl (C=O) groups is 1. The van der Waals surface area contributed by atoms with Gasteiger partial charge in [-0.05, 0) is 43.0 Å². The smallest absolute Gasteiger partial charge is 0.235 e. The Morgan fingerprint density at radius 2 is 1.88 bits per heavy atom. The first-order chi connectivity index (χ1) is 12.1. The molecule has 126 valence electrons. The number of aromatic amines is 1. The number of nitrogens with one attached hydrogen (secondary N) is 2. The van der Waals surface area contributed by atoms with Crippen LogP contribution >= 0.6 is 0 Å². The van der Waals surface area contributed by atoms with Gasteiger partial charge in [0.15, 0.2) is 5.43 Å². The summed E-state index contributed by atoms with van der Waals surface area (Å²) >= 11 is 0. The monoisotopic (exact) mass is 332 g/mol. The van der Waals surface area contributed by atoms with E-state index >= 15 is 0 Å². The van der Waals surface area contributed by atoms with Gasteiger partial charge in [-0.2, -0.15) is 0 Å². The first-order valence-corrected chi connectivity index (χ1v) is 8.65. The SMILES string of the molecule is CCc1cc(=O)c2cc(NC(=O)C3(c4ccccc4)CC3)ccc2[nH]1. The molecule has 2 aromatic carbocycles. The third kappa shape index (κ3) is 2.74. The fourth-order valence-electron chi connectivity index (χ4n) is 3.35. The molecule has 2 N–H and O–H groups in total. The van der Waals surface area contributed by atoms with Crippen molar-refractivity contribution in [3.05, 3.63) is 76.1 Å². The Bertz CT molecular complexity index is 1000. The maximum atomic E-state index is 12.8. The Hall–Kier alpha value is -2.88. The minimum absolute atomic E-state index is 0.000318. The zero-order valence-corrected chi connectivity index (χ0v) is 14.1. The highest BCUT2D eigenvalue weighted by Gasteiger charge is 2.51. The second kappa shape index (κ2) is 5.88. The van der Waals surface area contributed by atoms with Crippen molar-refractivity contribution in [1.82, 2.24) is 4.98 Å². The van der Waals surface area contributed by atoms with E-state index in [-0.39, 0.29) is 11.3 Å². The predicted octanol–water partition coefficient (Wildman–Crippen LogP) is 3.76. The summed E-state index contributed by atoms with van der Waals surface area (Å²) in [5, 5.41) is 3.60. The Morgan fingerprint density at radius 3 is 2.56 bits per heavy atom. The normalized spacial score (nSPS) is 15.1. The lowest BCUT2D eigenvalue weighted by Crippen LogP contribution is -2.27. The number of hydrogen-bond acceptors (Lipinski definition) is 2. The van der Waals surface area contributed by atoms with Crippen molar-refractivity contribution in [2.45, 2.75) is 31.6 Å². The van der Waals surface area contributed by atoms with Crippen molar-refractivity contribution in [3.8, 4) is 0 Å². The molecule has 4 nitrogen and oxygen atoms in total. The molecular formula is C21H20N2O2. The maximum absolute atomic E-state index is 12.8. The molecule has 0 spiro atoms. The van der Waals surface area contributed by atoms with E-state index in [4.69, 9.17) is 0 Å². The van der Waals surface area contributed by atoms with Gasteiger partial charge in [0.2, 0.25) is 5.91 Å². The molecule has 0 radical (unpaired) electrons. The second-order valence-corrected chi connectivity index (χ2v) is 6.67. The standard InChI is InChI=1S/C21H20N2O2/c1-2-15-13-19(24)17-12-16(8-9-18(17)22-15)23-20(25)21(10-11-21)14-6-4-3-5-7-14/h3-9,12-13H,2,10-11H2,1H3,(H,22,24)(H,23,25). The third-order valence-electron chi connectivity index (χ3n) is 5.04. The number of fused-ring (bicyclic) bond motifs is 1. The van der Waals surface area contributed by atoms with Crippen molar-refractivity contribution in [2.24, 2.45) is 0 Å². The van der Waals surface area contributed by atoms with Crippen LogP contribution in [0.4, 0.5) is 5.69 Å². The van der Waals surface area contributed by atoms with Gasteiger partial charge in [-0.15, -0.1) is 0 Å². The van der Waals surface area contributed by atoms with Crippen LogP contribution in [0.1, 0.15) is 31.0 Å². The van der Waals surface area contributed by atoms with Crippen LogP contribution in [0.2, 0.25) is 0 Å². The summed E-state index contributed by atoms with van der Waals surface area (Å²) in [4.78, 5) is 28.4. The molecule has 1 aliphatic carbocycles. The molecule has 1 aromatic heterocycles. The topological polar surface area (TPSA) is 62.0 Å². The molecule has 4 heteroatoms. The van der Waals surface area contributed by atoms with Gasteiger partial charge in [-0.25, -0.2) is 0 Å². The highest BCUT2D eigenvalue weighted by atomic mass is 16.2. The Labute approximate surface area is 145 Å². The summed E-state index contributed by atoms with van der Waals surface area (Å²) in [5.74, 6) is -0.000318. The molecule has 1 saturated carbocycles. The van der Waals surface area contributed by atoms with Crippen LogP contribution in [-0.2, 0) is 16.6 Å². The first-order valence-electron chi connectivity index (χ1n) is 8.65. The number of carbonyl (C=O) groups excluding carboxylic acids is 1. The number of rotatable bonds is 4. The zero-order chi connectivity index (χ0) is 17.4. The lowest BCUT2D eigenvalue weighted by Gasteiger charge is -2.16. The van der Waals surface area contributed by atoms with E-state index in [1.165, 1.54) is 0 Å². The van der Waals surface area contributed by atoms with Crippen LogP contribution in [0.5, 0.6) is 0 Å². The number of anilines is 1. The number of aromatic nitrogens is 1. The Kier molecular flexibility index (Phi) is 3.68. The molecule has 1 aliphatic rings. The van der Waals surface area contributed by atoms with Crippen molar-refractivity contribution in [2.75, 3.05) is 5.32 Å². The number of amides is 1. The number of H-pyrrole nitrogens is 1. The molecule has 25 heavy (non-hydrogen) atoms. The lowest BCUT2D eigenvalue weighted by atomic mass is 9.95. The number of pyridine rings is 1. The fourth-order valence-corrected chi connectivity index (χ4v) is 3.35. The van der Waals surface area contributed by atoms with E-state index in [2.05, 4.69) is 10.3 Å². The average Bonchev–Trinajstić information content (AvgIpc) is 3.45. The molecule has 1 amide bonds. The molecule has 3 aromatic rings. The van der Waals surface area contributed by atoms with Crippen LogP contribution in [0, 0.1) is 0 Å². The van der Waals surface area contributed by atoms with Gasteiger partial charge in [-0.1, -0.05) is 37.3 Å². The van der Waals surface area contributed by atoms with Crippen LogP contribution in [0.25, 0.3) is 10.9 Å². The van der Waals surface area contributed by atoms with Gasteiger partial charge in [0, 0.05) is 28.4 Å². The highest BCUT2D eigenvalue weighted by molar-refractivity contribution is 6.02. The van der Waals surface area contributed by atoms with Crippen LogP contribution < -0.4 is 10.7 Å². The van der Waals surface area contributed by atoms with Crippen molar-refractivity contribution in [3.63, 3.8) is 0 Å². The molecule has 0 saturated heterocycles. The van der Waals surface area contributed by atoms with Gasteiger partial charge >= 0.3 is 0 Å². The first kappa shape index (κ1) is 15.6. The molecule has 0 unspecified atom stereocenters. The van der Waals surface area contributed by atoms with Gasteiger partial charge in [0.25, 0.3) is 0 Å². The summed E-state index contributed by atoms with van der Waals surface area (Å²) in [6.07, 6.45) is 2.50. The van der Waals surface area contributed by atoms with Crippen molar-refractivity contribution >= 4 is 22.5 Å².